The molecule has 220 valence electrons. The Morgan fingerprint density at radius 1 is 1.12 bits per heavy atom. The summed E-state index contributed by atoms with van der Waals surface area (Å²) in [6.45, 7) is 17.4. The number of hydroxylamine groups is 2. The molecule has 0 saturated carbocycles. The van der Waals surface area contributed by atoms with Crippen molar-refractivity contribution in [1.82, 2.24) is 9.96 Å². The van der Waals surface area contributed by atoms with Crippen LogP contribution in [-0.2, 0) is 9.63 Å². The normalized spacial score (nSPS) is 21.4. The molecular weight excluding hydrogens is 496 g/mol. The molecule has 5 nitrogen and oxygen atoms in total. The molecule has 0 radical (unpaired) electrons. The van der Waals surface area contributed by atoms with Crippen LogP contribution in [0.2, 0.25) is 0 Å². The van der Waals surface area contributed by atoms with E-state index in [1.54, 1.807) is 0 Å². The highest BCUT2D eigenvalue weighted by Crippen LogP contribution is 2.49. The molecular formula is C35H52N2O3. The fourth-order valence-electron chi connectivity index (χ4n) is 6.87. The first-order valence-electron chi connectivity index (χ1n) is 15.9. The van der Waals surface area contributed by atoms with Crippen LogP contribution in [-0.4, -0.2) is 54.3 Å². The van der Waals surface area contributed by atoms with Gasteiger partial charge in [-0.05, 0) is 79.7 Å². The van der Waals surface area contributed by atoms with E-state index in [0.29, 0.717) is 24.8 Å². The average Bonchev–Trinajstić information content (AvgIpc) is 2.93. The van der Waals surface area contributed by atoms with Crippen LogP contribution in [0.4, 0.5) is 0 Å². The van der Waals surface area contributed by atoms with E-state index in [4.69, 9.17) is 16.0 Å². The van der Waals surface area contributed by atoms with E-state index in [1.165, 1.54) is 48.8 Å². The summed E-state index contributed by atoms with van der Waals surface area (Å²) < 4.78 is 6.84. The van der Waals surface area contributed by atoms with E-state index in [2.05, 4.69) is 64.5 Å². The molecule has 3 heterocycles. The van der Waals surface area contributed by atoms with Gasteiger partial charge in [0.2, 0.25) is 0 Å². The molecule has 1 aromatic rings. The first-order valence-corrected chi connectivity index (χ1v) is 15.9. The minimum Gasteiger partial charge on any atom is -0.483 e. The average molecular weight is 549 g/mol. The summed E-state index contributed by atoms with van der Waals surface area (Å²) in [5.74, 6) is 4.17. The molecule has 3 aliphatic rings. The number of rotatable bonds is 11. The minimum absolute atomic E-state index is 0.143. The van der Waals surface area contributed by atoms with Gasteiger partial charge in [0.25, 0.3) is 0 Å². The van der Waals surface area contributed by atoms with Crippen LogP contribution in [0, 0.1) is 18.3 Å². The molecule has 4 rings (SSSR count). The Bertz CT molecular complexity index is 1110. The first kappa shape index (κ1) is 30.7. The lowest BCUT2D eigenvalue weighted by Crippen LogP contribution is -2.43. The van der Waals surface area contributed by atoms with Gasteiger partial charge in [-0.3, -0.25) is 4.90 Å². The van der Waals surface area contributed by atoms with Gasteiger partial charge >= 0.3 is 5.97 Å². The number of fused-ring (bicyclic) bond motifs is 2. The highest BCUT2D eigenvalue weighted by Gasteiger charge is 2.41. The molecule has 40 heavy (non-hydrogen) atoms. The maximum Gasteiger partial charge on any atom is 0.332 e. The molecule has 1 fully saturated rings. The van der Waals surface area contributed by atoms with Gasteiger partial charge in [0.15, 0.2) is 0 Å². The third-order valence-electron chi connectivity index (χ3n) is 9.53. The lowest BCUT2D eigenvalue weighted by Gasteiger charge is -2.43. The number of piperidine rings is 1. The van der Waals surface area contributed by atoms with Crippen molar-refractivity contribution in [3.63, 3.8) is 0 Å². The second-order valence-electron chi connectivity index (χ2n) is 12.8. The maximum atomic E-state index is 13.8. The first-order chi connectivity index (χ1) is 19.2. The van der Waals surface area contributed by atoms with Crippen molar-refractivity contribution in [3.8, 4) is 18.1 Å². The molecule has 5 heteroatoms. The summed E-state index contributed by atoms with van der Waals surface area (Å²) >= 11 is 0. The molecule has 0 N–H and O–H groups in total. The van der Waals surface area contributed by atoms with E-state index >= 15 is 0 Å². The third-order valence-corrected chi connectivity index (χ3v) is 9.53. The Kier molecular flexibility index (Phi) is 10.4. The van der Waals surface area contributed by atoms with E-state index in [0.717, 1.165) is 62.3 Å². The lowest BCUT2D eigenvalue weighted by molar-refractivity contribution is -0.196. The van der Waals surface area contributed by atoms with Gasteiger partial charge < -0.3 is 9.57 Å². The zero-order valence-electron chi connectivity index (χ0n) is 26.0. The van der Waals surface area contributed by atoms with Gasteiger partial charge in [-0.25, -0.2) is 4.79 Å². The monoisotopic (exact) mass is 548 g/mol. The van der Waals surface area contributed by atoms with Crippen molar-refractivity contribution < 1.29 is 14.4 Å². The SMILES string of the molecule is C#CCN1CCC2=C(C1)c1c(cc(C(C)C(C)CCCCC)cc1C(CC)C(=O)ON1CCCCC1)OC2(C)C. The van der Waals surface area contributed by atoms with Crippen molar-refractivity contribution in [2.75, 3.05) is 32.7 Å². The van der Waals surface area contributed by atoms with E-state index < -0.39 is 5.60 Å². The molecule has 3 aliphatic heterocycles. The van der Waals surface area contributed by atoms with Gasteiger partial charge in [0.1, 0.15) is 11.4 Å². The van der Waals surface area contributed by atoms with E-state index in [-0.39, 0.29) is 11.9 Å². The molecule has 3 unspecified atom stereocenters. The number of ether oxygens (including phenoxy) is 1. The van der Waals surface area contributed by atoms with E-state index in [1.807, 2.05) is 5.06 Å². The predicted molar refractivity (Wildman–Crippen MR) is 164 cm³/mol. The van der Waals surface area contributed by atoms with Crippen molar-refractivity contribution in [2.45, 2.75) is 117 Å². The highest BCUT2D eigenvalue weighted by molar-refractivity contribution is 5.86. The number of hydrogen-bond acceptors (Lipinski definition) is 5. The summed E-state index contributed by atoms with van der Waals surface area (Å²) in [6.07, 6.45) is 15.7. The van der Waals surface area contributed by atoms with Crippen molar-refractivity contribution in [3.05, 3.63) is 34.4 Å². The van der Waals surface area contributed by atoms with Crippen molar-refractivity contribution >= 4 is 11.5 Å². The van der Waals surface area contributed by atoms with Gasteiger partial charge in [0.05, 0.1) is 12.5 Å². The molecule has 1 aromatic carbocycles. The van der Waals surface area contributed by atoms with Crippen LogP contribution in [0.3, 0.4) is 0 Å². The van der Waals surface area contributed by atoms with Gasteiger partial charge in [0, 0.05) is 31.7 Å². The summed E-state index contributed by atoms with van der Waals surface area (Å²) in [5, 5.41) is 1.88. The van der Waals surface area contributed by atoms with Gasteiger partial charge in [-0.2, -0.15) is 0 Å². The molecule has 0 amide bonds. The number of hydrogen-bond donors (Lipinski definition) is 0. The van der Waals surface area contributed by atoms with E-state index in [9.17, 15) is 4.79 Å². The molecule has 1 saturated heterocycles. The van der Waals surface area contributed by atoms with Crippen molar-refractivity contribution in [2.24, 2.45) is 5.92 Å². The summed E-state index contributed by atoms with van der Waals surface area (Å²) in [5.41, 5.74) is 5.66. The minimum atomic E-state index is -0.396. The number of terminal acetylenes is 1. The summed E-state index contributed by atoms with van der Waals surface area (Å²) in [7, 11) is 0. The Hall–Kier alpha value is -2.29. The second kappa shape index (κ2) is 13.6. The number of unbranched alkanes of at least 4 members (excludes halogenated alkanes) is 2. The largest absolute Gasteiger partial charge is 0.483 e. The molecule has 3 atom stereocenters. The summed E-state index contributed by atoms with van der Waals surface area (Å²) in [4.78, 5) is 22.2. The van der Waals surface area contributed by atoms with Crippen LogP contribution < -0.4 is 4.74 Å². The quantitative estimate of drug-likeness (QED) is 0.209. The lowest BCUT2D eigenvalue weighted by atomic mass is 9.76. The Morgan fingerprint density at radius 2 is 1.88 bits per heavy atom. The number of carbonyl (C=O) groups excluding carboxylic acids is 1. The molecule has 0 bridgehead atoms. The zero-order chi connectivity index (χ0) is 28.9. The molecule has 0 aromatic heterocycles. The Balaban J connectivity index is 1.79. The topological polar surface area (TPSA) is 42.0 Å². The van der Waals surface area contributed by atoms with Crippen LogP contribution in [0.5, 0.6) is 5.75 Å². The third kappa shape index (κ3) is 6.77. The van der Waals surface area contributed by atoms with Crippen LogP contribution >= 0.6 is 0 Å². The Labute approximate surface area is 243 Å². The molecule has 0 aliphatic carbocycles. The van der Waals surface area contributed by atoms with Crippen LogP contribution in [0.15, 0.2) is 17.7 Å². The standard InChI is InChI=1S/C35H52N2O3/c1-8-11-13-16-25(4)26(5)27-22-29(28(10-3)34(38)40-37-19-14-12-15-20-37)33-30-24-36(18-9-2)21-17-31(30)35(6,7)39-32(33)23-27/h2,22-23,25-26,28H,8,10-21,24H2,1,3-7H3. The fourth-order valence-corrected chi connectivity index (χ4v) is 6.87. The molecule has 0 spiro atoms. The Morgan fingerprint density at radius 3 is 2.55 bits per heavy atom. The number of benzene rings is 1. The maximum absolute atomic E-state index is 13.8. The van der Waals surface area contributed by atoms with Crippen molar-refractivity contribution in [1.29, 1.82) is 0 Å². The zero-order valence-corrected chi connectivity index (χ0v) is 26.0. The number of carbonyl (C=O) groups is 1. The fraction of sp³-hybridized carbons (Fsp3) is 0.686. The summed E-state index contributed by atoms with van der Waals surface area (Å²) in [6, 6.07) is 4.59. The smallest absolute Gasteiger partial charge is 0.332 e. The van der Waals surface area contributed by atoms with Crippen LogP contribution in [0.25, 0.3) is 5.57 Å². The second-order valence-corrected chi connectivity index (χ2v) is 12.8. The van der Waals surface area contributed by atoms with Gasteiger partial charge in [-0.15, -0.1) is 11.5 Å². The van der Waals surface area contributed by atoms with Crippen LogP contribution in [0.1, 0.15) is 128 Å². The predicted octanol–water partition coefficient (Wildman–Crippen LogP) is 7.71. The highest BCUT2D eigenvalue weighted by atomic mass is 16.7. The number of nitrogens with zero attached hydrogens (tertiary/aromatic N) is 2. The van der Waals surface area contributed by atoms with Gasteiger partial charge in [-0.1, -0.05) is 71.8 Å².